The first-order chi connectivity index (χ1) is 10.7. The normalized spacial score (nSPS) is 26.9. The second-order valence-electron chi connectivity index (χ2n) is 6.04. The number of ether oxygens (including phenoxy) is 2. The second-order valence-corrected chi connectivity index (χ2v) is 6.04. The number of nitrogens with two attached hydrogens (primary N) is 1. The fourth-order valence-corrected chi connectivity index (χ4v) is 3.19. The molecule has 1 aromatic carbocycles. The Kier molecular flexibility index (Phi) is 5.08. The van der Waals surface area contributed by atoms with Crippen LogP contribution >= 0.6 is 0 Å². The van der Waals surface area contributed by atoms with Crippen molar-refractivity contribution >= 4 is 5.91 Å². The van der Waals surface area contributed by atoms with Gasteiger partial charge in [0.05, 0.1) is 18.8 Å². The van der Waals surface area contributed by atoms with Gasteiger partial charge in [-0.3, -0.25) is 4.79 Å². The predicted molar refractivity (Wildman–Crippen MR) is 83.4 cm³/mol. The van der Waals surface area contributed by atoms with Crippen LogP contribution in [0.3, 0.4) is 0 Å². The standard InChI is InChI=1S/C17H24N2O3/c18-14(11-13-5-2-1-3-6-13)17(20)19-8-10-22-16(12-19)15-7-4-9-21-15/h1-3,5-6,14-16H,4,7-12,18H2. The van der Waals surface area contributed by atoms with E-state index in [2.05, 4.69) is 0 Å². The number of hydrogen-bond acceptors (Lipinski definition) is 4. The van der Waals surface area contributed by atoms with E-state index in [-0.39, 0.29) is 18.1 Å². The average molecular weight is 304 g/mol. The number of carbonyl (C=O) groups excluding carboxylic acids is 1. The maximum absolute atomic E-state index is 12.6. The van der Waals surface area contributed by atoms with Crippen LogP contribution in [-0.4, -0.2) is 55.4 Å². The Bertz CT molecular complexity index is 488. The topological polar surface area (TPSA) is 64.8 Å². The van der Waals surface area contributed by atoms with Crippen LogP contribution in [0.5, 0.6) is 0 Å². The minimum absolute atomic E-state index is 0.00940. The molecule has 2 fully saturated rings. The van der Waals surface area contributed by atoms with Crippen molar-refractivity contribution in [3.05, 3.63) is 35.9 Å². The van der Waals surface area contributed by atoms with Crippen molar-refractivity contribution in [3.63, 3.8) is 0 Å². The van der Waals surface area contributed by atoms with Gasteiger partial charge in [0.25, 0.3) is 0 Å². The van der Waals surface area contributed by atoms with Crippen LogP contribution in [-0.2, 0) is 20.7 Å². The quantitative estimate of drug-likeness (QED) is 0.900. The van der Waals surface area contributed by atoms with E-state index in [0.29, 0.717) is 26.1 Å². The Hall–Kier alpha value is -1.43. The van der Waals surface area contributed by atoms with Crippen molar-refractivity contribution in [2.45, 2.75) is 37.5 Å². The predicted octanol–water partition coefficient (Wildman–Crippen LogP) is 0.963. The minimum Gasteiger partial charge on any atom is -0.375 e. The highest BCUT2D eigenvalue weighted by molar-refractivity contribution is 5.82. The zero-order valence-electron chi connectivity index (χ0n) is 12.8. The first-order valence-electron chi connectivity index (χ1n) is 8.05. The van der Waals surface area contributed by atoms with Crippen molar-refractivity contribution in [2.75, 3.05) is 26.3 Å². The summed E-state index contributed by atoms with van der Waals surface area (Å²) < 4.78 is 11.5. The van der Waals surface area contributed by atoms with Gasteiger partial charge in [-0.25, -0.2) is 0 Å². The lowest BCUT2D eigenvalue weighted by Gasteiger charge is -2.36. The van der Waals surface area contributed by atoms with E-state index in [1.54, 1.807) is 0 Å². The number of carbonyl (C=O) groups is 1. The molecule has 120 valence electrons. The van der Waals surface area contributed by atoms with Gasteiger partial charge in [-0.05, 0) is 24.8 Å². The maximum Gasteiger partial charge on any atom is 0.239 e. The molecule has 3 atom stereocenters. The third-order valence-electron chi connectivity index (χ3n) is 4.40. The molecule has 22 heavy (non-hydrogen) atoms. The second kappa shape index (κ2) is 7.22. The molecule has 0 spiro atoms. The molecular formula is C17H24N2O3. The summed E-state index contributed by atoms with van der Waals surface area (Å²) in [4.78, 5) is 14.4. The molecule has 0 aliphatic carbocycles. The number of hydrogen-bond donors (Lipinski definition) is 1. The molecule has 0 bridgehead atoms. The van der Waals surface area contributed by atoms with E-state index in [1.165, 1.54) is 0 Å². The molecule has 1 aromatic rings. The molecule has 0 aromatic heterocycles. The fourth-order valence-electron chi connectivity index (χ4n) is 3.19. The number of rotatable bonds is 4. The Morgan fingerprint density at radius 2 is 2.00 bits per heavy atom. The van der Waals surface area contributed by atoms with Gasteiger partial charge in [-0.15, -0.1) is 0 Å². The van der Waals surface area contributed by atoms with Gasteiger partial charge in [0.15, 0.2) is 0 Å². The largest absolute Gasteiger partial charge is 0.375 e. The molecule has 2 saturated heterocycles. The van der Waals surface area contributed by atoms with Crippen LogP contribution in [0.2, 0.25) is 0 Å². The molecule has 3 rings (SSSR count). The Morgan fingerprint density at radius 3 is 2.73 bits per heavy atom. The molecule has 2 N–H and O–H groups in total. The molecule has 2 heterocycles. The third kappa shape index (κ3) is 3.66. The van der Waals surface area contributed by atoms with Crippen LogP contribution in [0.25, 0.3) is 0 Å². The maximum atomic E-state index is 12.6. The summed E-state index contributed by atoms with van der Waals surface area (Å²) in [5.74, 6) is 0.00940. The highest BCUT2D eigenvalue weighted by atomic mass is 16.5. The van der Waals surface area contributed by atoms with Gasteiger partial charge in [0, 0.05) is 19.7 Å². The zero-order chi connectivity index (χ0) is 15.4. The highest BCUT2D eigenvalue weighted by Gasteiger charge is 2.34. The van der Waals surface area contributed by atoms with Crippen molar-refractivity contribution in [1.29, 1.82) is 0 Å². The van der Waals surface area contributed by atoms with Gasteiger partial charge in [0.1, 0.15) is 6.10 Å². The summed E-state index contributed by atoms with van der Waals surface area (Å²) in [5, 5.41) is 0. The van der Waals surface area contributed by atoms with E-state index < -0.39 is 6.04 Å². The van der Waals surface area contributed by atoms with Crippen molar-refractivity contribution in [1.82, 2.24) is 4.90 Å². The summed E-state index contributed by atoms with van der Waals surface area (Å²) >= 11 is 0. The molecule has 1 amide bonds. The molecule has 0 radical (unpaired) electrons. The smallest absolute Gasteiger partial charge is 0.239 e. The van der Waals surface area contributed by atoms with Crippen LogP contribution < -0.4 is 5.73 Å². The lowest BCUT2D eigenvalue weighted by atomic mass is 10.0. The molecule has 2 aliphatic rings. The monoisotopic (exact) mass is 304 g/mol. The van der Waals surface area contributed by atoms with E-state index in [0.717, 1.165) is 25.0 Å². The summed E-state index contributed by atoms with van der Waals surface area (Å²) in [7, 11) is 0. The van der Waals surface area contributed by atoms with E-state index in [1.807, 2.05) is 35.2 Å². The SMILES string of the molecule is NC(Cc1ccccc1)C(=O)N1CCOC(C2CCCO2)C1. The lowest BCUT2D eigenvalue weighted by Crippen LogP contribution is -2.54. The van der Waals surface area contributed by atoms with Gasteiger partial charge < -0.3 is 20.1 Å². The Morgan fingerprint density at radius 1 is 1.23 bits per heavy atom. The first-order valence-corrected chi connectivity index (χ1v) is 8.05. The van der Waals surface area contributed by atoms with Crippen LogP contribution in [0.15, 0.2) is 30.3 Å². The van der Waals surface area contributed by atoms with Crippen molar-refractivity contribution < 1.29 is 14.3 Å². The van der Waals surface area contributed by atoms with E-state index in [9.17, 15) is 4.79 Å². The summed E-state index contributed by atoms with van der Waals surface area (Å²) in [6.07, 6.45) is 2.78. The third-order valence-corrected chi connectivity index (χ3v) is 4.40. The Balaban J connectivity index is 1.56. The van der Waals surface area contributed by atoms with Gasteiger partial charge in [-0.1, -0.05) is 30.3 Å². The summed E-state index contributed by atoms with van der Waals surface area (Å²) in [5.41, 5.74) is 7.21. The van der Waals surface area contributed by atoms with Gasteiger partial charge in [0.2, 0.25) is 5.91 Å². The van der Waals surface area contributed by atoms with Gasteiger partial charge in [-0.2, -0.15) is 0 Å². The van der Waals surface area contributed by atoms with E-state index >= 15 is 0 Å². The molecule has 0 saturated carbocycles. The molecule has 5 nitrogen and oxygen atoms in total. The van der Waals surface area contributed by atoms with Crippen LogP contribution in [0, 0.1) is 0 Å². The molecule has 3 unspecified atom stereocenters. The summed E-state index contributed by atoms with van der Waals surface area (Å²) in [6, 6.07) is 9.41. The van der Waals surface area contributed by atoms with Crippen LogP contribution in [0.4, 0.5) is 0 Å². The number of amides is 1. The summed E-state index contributed by atoms with van der Waals surface area (Å²) in [6.45, 7) is 2.57. The van der Waals surface area contributed by atoms with Crippen molar-refractivity contribution in [2.24, 2.45) is 5.73 Å². The van der Waals surface area contributed by atoms with E-state index in [4.69, 9.17) is 15.2 Å². The molecule has 2 aliphatic heterocycles. The minimum atomic E-state index is -0.495. The highest BCUT2D eigenvalue weighted by Crippen LogP contribution is 2.21. The molecule has 5 heteroatoms. The van der Waals surface area contributed by atoms with Gasteiger partial charge >= 0.3 is 0 Å². The molecular weight excluding hydrogens is 280 g/mol. The lowest BCUT2D eigenvalue weighted by molar-refractivity contribution is -0.146. The number of benzene rings is 1. The Labute approximate surface area is 131 Å². The van der Waals surface area contributed by atoms with Crippen molar-refractivity contribution in [3.8, 4) is 0 Å². The average Bonchev–Trinajstić information content (AvgIpc) is 3.10. The van der Waals surface area contributed by atoms with Crippen LogP contribution in [0.1, 0.15) is 18.4 Å². The fraction of sp³-hybridized carbons (Fsp3) is 0.588. The zero-order valence-corrected chi connectivity index (χ0v) is 12.8. The first kappa shape index (κ1) is 15.5. The number of nitrogens with zero attached hydrogens (tertiary/aromatic N) is 1. The number of morpholine rings is 1.